The van der Waals surface area contributed by atoms with Crippen LogP contribution in [0.4, 0.5) is 4.79 Å². The van der Waals surface area contributed by atoms with Crippen molar-refractivity contribution in [2.75, 3.05) is 13.1 Å². The molecule has 1 aromatic rings. The maximum Gasteiger partial charge on any atom is 0.408 e. The van der Waals surface area contributed by atoms with Crippen molar-refractivity contribution in [3.05, 3.63) is 35.9 Å². The van der Waals surface area contributed by atoms with E-state index in [1.807, 2.05) is 39.0 Å². The third-order valence-electron chi connectivity index (χ3n) is 3.40. The molecule has 0 aromatic heterocycles. The lowest BCUT2D eigenvalue weighted by molar-refractivity contribution is 0.0487. The summed E-state index contributed by atoms with van der Waals surface area (Å²) in [5, 5.41) is 6.38. The Bertz CT molecular complexity index is 434. The molecule has 2 unspecified atom stereocenters. The third-order valence-corrected chi connectivity index (χ3v) is 3.40. The monoisotopic (exact) mass is 276 g/mol. The summed E-state index contributed by atoms with van der Waals surface area (Å²) in [7, 11) is 0. The van der Waals surface area contributed by atoms with Crippen molar-refractivity contribution in [3.63, 3.8) is 0 Å². The largest absolute Gasteiger partial charge is 0.444 e. The molecule has 4 nitrogen and oxygen atoms in total. The van der Waals surface area contributed by atoms with Crippen LogP contribution >= 0.6 is 0 Å². The van der Waals surface area contributed by atoms with Crippen LogP contribution in [0, 0.1) is 5.92 Å². The van der Waals surface area contributed by atoms with Crippen molar-refractivity contribution < 1.29 is 9.53 Å². The van der Waals surface area contributed by atoms with Gasteiger partial charge in [-0.3, -0.25) is 0 Å². The zero-order valence-electron chi connectivity index (χ0n) is 12.5. The molecule has 20 heavy (non-hydrogen) atoms. The fourth-order valence-corrected chi connectivity index (χ4v) is 2.53. The average molecular weight is 276 g/mol. The average Bonchev–Trinajstić information content (AvgIpc) is 2.88. The van der Waals surface area contributed by atoms with Crippen molar-refractivity contribution >= 4 is 6.09 Å². The predicted molar refractivity (Wildman–Crippen MR) is 79.5 cm³/mol. The van der Waals surface area contributed by atoms with Gasteiger partial charge >= 0.3 is 6.09 Å². The van der Waals surface area contributed by atoms with Crippen LogP contribution in [0.15, 0.2) is 30.3 Å². The second-order valence-electron chi connectivity index (χ2n) is 6.29. The zero-order valence-corrected chi connectivity index (χ0v) is 12.5. The molecule has 1 aliphatic rings. The van der Waals surface area contributed by atoms with E-state index in [9.17, 15) is 4.79 Å². The smallest absolute Gasteiger partial charge is 0.408 e. The number of carbonyl (C=O) groups excluding carboxylic acids is 1. The first kappa shape index (κ1) is 14.9. The predicted octanol–water partition coefficient (Wildman–Crippen LogP) is 2.86. The number of benzene rings is 1. The number of ether oxygens (including phenoxy) is 1. The van der Waals surface area contributed by atoms with E-state index in [1.54, 1.807) is 0 Å². The minimum Gasteiger partial charge on any atom is -0.444 e. The first-order valence-electron chi connectivity index (χ1n) is 7.21. The van der Waals surface area contributed by atoms with Crippen LogP contribution in [0.25, 0.3) is 0 Å². The van der Waals surface area contributed by atoms with Gasteiger partial charge in [0.25, 0.3) is 0 Å². The Morgan fingerprint density at radius 1 is 1.35 bits per heavy atom. The summed E-state index contributed by atoms with van der Waals surface area (Å²) in [5.74, 6) is 0.407. The molecule has 1 fully saturated rings. The first-order chi connectivity index (χ1) is 9.46. The Hall–Kier alpha value is -1.55. The van der Waals surface area contributed by atoms with Gasteiger partial charge < -0.3 is 15.4 Å². The fourth-order valence-electron chi connectivity index (χ4n) is 2.53. The number of amides is 1. The summed E-state index contributed by atoms with van der Waals surface area (Å²) in [4.78, 5) is 12.0. The molecule has 2 N–H and O–H groups in total. The maximum atomic E-state index is 12.0. The highest BCUT2D eigenvalue weighted by Crippen LogP contribution is 2.27. The first-order valence-corrected chi connectivity index (χ1v) is 7.21. The highest BCUT2D eigenvalue weighted by atomic mass is 16.6. The Morgan fingerprint density at radius 2 is 2.05 bits per heavy atom. The van der Waals surface area contributed by atoms with Gasteiger partial charge in [-0.2, -0.15) is 0 Å². The number of carbonyl (C=O) groups is 1. The molecule has 1 amide bonds. The summed E-state index contributed by atoms with van der Waals surface area (Å²) in [6, 6.07) is 10.1. The Labute approximate surface area is 120 Å². The van der Waals surface area contributed by atoms with Crippen molar-refractivity contribution in [1.29, 1.82) is 0 Å². The molecule has 1 heterocycles. The van der Waals surface area contributed by atoms with Crippen molar-refractivity contribution in [3.8, 4) is 0 Å². The lowest BCUT2D eigenvalue weighted by atomic mass is 9.92. The Kier molecular flexibility index (Phi) is 4.65. The van der Waals surface area contributed by atoms with Gasteiger partial charge in [0, 0.05) is 6.54 Å². The molecule has 4 heteroatoms. The molecule has 2 atom stereocenters. The van der Waals surface area contributed by atoms with Gasteiger partial charge in [-0.05, 0) is 45.2 Å². The van der Waals surface area contributed by atoms with Crippen LogP contribution in [0.1, 0.15) is 38.8 Å². The van der Waals surface area contributed by atoms with E-state index in [0.29, 0.717) is 5.92 Å². The van der Waals surface area contributed by atoms with Gasteiger partial charge in [0.05, 0.1) is 6.04 Å². The number of hydrogen-bond acceptors (Lipinski definition) is 3. The summed E-state index contributed by atoms with van der Waals surface area (Å²) in [5.41, 5.74) is 0.659. The van der Waals surface area contributed by atoms with Gasteiger partial charge in [-0.1, -0.05) is 30.3 Å². The summed E-state index contributed by atoms with van der Waals surface area (Å²) in [6.45, 7) is 7.56. The van der Waals surface area contributed by atoms with Gasteiger partial charge in [0.15, 0.2) is 0 Å². The number of hydrogen-bond donors (Lipinski definition) is 2. The van der Waals surface area contributed by atoms with Crippen molar-refractivity contribution in [1.82, 2.24) is 10.6 Å². The van der Waals surface area contributed by atoms with Crippen LogP contribution in [-0.2, 0) is 4.74 Å². The summed E-state index contributed by atoms with van der Waals surface area (Å²) in [6.07, 6.45) is 0.716. The molecule has 0 saturated carbocycles. The molecular weight excluding hydrogens is 252 g/mol. The molecule has 0 radical (unpaired) electrons. The maximum absolute atomic E-state index is 12.0. The fraction of sp³-hybridized carbons (Fsp3) is 0.562. The Morgan fingerprint density at radius 3 is 2.60 bits per heavy atom. The summed E-state index contributed by atoms with van der Waals surface area (Å²) >= 11 is 0. The Balaban J connectivity index is 2.09. The SMILES string of the molecule is CC(C)(C)OC(=O)NC(c1ccccc1)C1CCNC1. The lowest BCUT2D eigenvalue weighted by Gasteiger charge is -2.27. The van der Waals surface area contributed by atoms with E-state index in [4.69, 9.17) is 4.74 Å². The standard InChI is InChI=1S/C16H24N2O2/c1-16(2,3)20-15(19)18-14(13-9-10-17-11-13)12-7-5-4-6-8-12/h4-8,13-14,17H,9-11H2,1-3H3,(H,18,19). The van der Waals surface area contributed by atoms with Crippen LogP contribution < -0.4 is 10.6 Å². The van der Waals surface area contributed by atoms with E-state index in [-0.39, 0.29) is 12.1 Å². The molecule has 0 bridgehead atoms. The van der Waals surface area contributed by atoms with Gasteiger partial charge in [0.1, 0.15) is 5.60 Å². The van der Waals surface area contributed by atoms with Crippen LogP contribution in [0.5, 0.6) is 0 Å². The quantitative estimate of drug-likeness (QED) is 0.892. The molecule has 110 valence electrons. The lowest BCUT2D eigenvalue weighted by Crippen LogP contribution is -2.38. The van der Waals surface area contributed by atoms with Crippen LogP contribution in [0.2, 0.25) is 0 Å². The van der Waals surface area contributed by atoms with E-state index >= 15 is 0 Å². The molecule has 0 spiro atoms. The van der Waals surface area contributed by atoms with Gasteiger partial charge in [-0.15, -0.1) is 0 Å². The topological polar surface area (TPSA) is 50.4 Å². The molecular formula is C16H24N2O2. The summed E-state index contributed by atoms with van der Waals surface area (Å²) < 4.78 is 5.38. The van der Waals surface area contributed by atoms with E-state index in [2.05, 4.69) is 22.8 Å². The molecule has 1 saturated heterocycles. The molecule has 0 aliphatic carbocycles. The second-order valence-corrected chi connectivity index (χ2v) is 6.29. The van der Waals surface area contributed by atoms with Gasteiger partial charge in [-0.25, -0.2) is 4.79 Å². The zero-order chi connectivity index (χ0) is 14.6. The van der Waals surface area contributed by atoms with E-state index in [1.165, 1.54) is 0 Å². The number of nitrogens with one attached hydrogen (secondary N) is 2. The van der Waals surface area contributed by atoms with Crippen LogP contribution in [-0.4, -0.2) is 24.8 Å². The van der Waals surface area contributed by atoms with E-state index < -0.39 is 5.60 Å². The second kappa shape index (κ2) is 6.27. The minimum atomic E-state index is -0.473. The molecule has 1 aromatic carbocycles. The van der Waals surface area contributed by atoms with E-state index in [0.717, 1.165) is 25.1 Å². The number of rotatable bonds is 3. The van der Waals surface area contributed by atoms with Crippen LogP contribution in [0.3, 0.4) is 0 Å². The number of alkyl carbamates (subject to hydrolysis) is 1. The van der Waals surface area contributed by atoms with Crippen molar-refractivity contribution in [2.24, 2.45) is 5.92 Å². The minimum absolute atomic E-state index is 0.000972. The highest BCUT2D eigenvalue weighted by molar-refractivity contribution is 5.68. The van der Waals surface area contributed by atoms with Crippen molar-refractivity contribution in [2.45, 2.75) is 38.8 Å². The molecule has 2 rings (SSSR count). The third kappa shape index (κ3) is 4.23. The van der Waals surface area contributed by atoms with Gasteiger partial charge in [0.2, 0.25) is 0 Å². The molecule has 1 aliphatic heterocycles. The normalized spacial score (nSPS) is 20.4. The highest BCUT2D eigenvalue weighted by Gasteiger charge is 2.29.